The number of esters is 1. The Bertz CT molecular complexity index is 1010. The van der Waals surface area contributed by atoms with E-state index in [1.807, 2.05) is 36.4 Å². The van der Waals surface area contributed by atoms with Crippen molar-refractivity contribution in [2.24, 2.45) is 0 Å². The van der Waals surface area contributed by atoms with Crippen LogP contribution in [-0.4, -0.2) is 31.2 Å². The van der Waals surface area contributed by atoms with Gasteiger partial charge in [-0.15, -0.1) is 11.3 Å². The smallest absolute Gasteiger partial charge is 0.341 e. The molecular weight excluding hydrogens is 366 g/mol. The highest BCUT2D eigenvalue weighted by atomic mass is 32.1. The first-order valence-corrected chi connectivity index (χ1v) is 9.37. The Balaban J connectivity index is 1.61. The molecule has 6 nitrogen and oxygen atoms in total. The molecule has 0 radical (unpaired) electrons. The fourth-order valence-electron chi connectivity index (χ4n) is 2.88. The van der Waals surface area contributed by atoms with E-state index in [9.17, 15) is 9.59 Å². The van der Waals surface area contributed by atoms with E-state index in [0.29, 0.717) is 22.1 Å². The molecule has 2 heterocycles. The molecule has 27 heavy (non-hydrogen) atoms. The molecule has 138 valence electrons. The van der Waals surface area contributed by atoms with Crippen molar-refractivity contribution in [2.45, 2.75) is 13.0 Å². The van der Waals surface area contributed by atoms with Gasteiger partial charge in [-0.25, -0.2) is 4.79 Å². The van der Waals surface area contributed by atoms with Gasteiger partial charge < -0.3 is 19.5 Å². The van der Waals surface area contributed by atoms with E-state index < -0.39 is 12.1 Å². The summed E-state index contributed by atoms with van der Waals surface area (Å²) in [5.41, 5.74) is 0.364. The van der Waals surface area contributed by atoms with Crippen LogP contribution < -0.4 is 14.8 Å². The highest BCUT2D eigenvalue weighted by Crippen LogP contribution is 2.37. The van der Waals surface area contributed by atoms with Gasteiger partial charge in [-0.3, -0.25) is 4.79 Å². The predicted molar refractivity (Wildman–Crippen MR) is 103 cm³/mol. The van der Waals surface area contributed by atoms with Crippen LogP contribution in [0, 0.1) is 0 Å². The Morgan fingerprint density at radius 2 is 1.89 bits per heavy atom. The van der Waals surface area contributed by atoms with E-state index in [-0.39, 0.29) is 19.1 Å². The minimum atomic E-state index is -0.805. The van der Waals surface area contributed by atoms with Crippen LogP contribution in [0.5, 0.6) is 11.5 Å². The van der Waals surface area contributed by atoms with E-state index in [0.717, 1.165) is 10.1 Å². The molecule has 0 saturated carbocycles. The molecule has 1 aliphatic rings. The summed E-state index contributed by atoms with van der Waals surface area (Å²) in [5.74, 6) is 0.291. The Morgan fingerprint density at radius 3 is 2.70 bits per heavy atom. The molecule has 1 aromatic heterocycles. The van der Waals surface area contributed by atoms with Gasteiger partial charge in [0.1, 0.15) is 17.2 Å². The molecule has 3 aromatic rings. The van der Waals surface area contributed by atoms with Gasteiger partial charge in [-0.05, 0) is 25.1 Å². The number of fused-ring (bicyclic) bond motifs is 2. The van der Waals surface area contributed by atoms with Crippen molar-refractivity contribution in [1.82, 2.24) is 0 Å². The zero-order valence-corrected chi connectivity index (χ0v) is 15.4. The first-order chi connectivity index (χ1) is 13.2. The maximum absolute atomic E-state index is 12.7. The molecule has 0 spiro atoms. The van der Waals surface area contributed by atoms with E-state index in [1.54, 1.807) is 19.1 Å². The van der Waals surface area contributed by atoms with Crippen LogP contribution >= 0.6 is 11.3 Å². The molecule has 4 rings (SSSR count). The van der Waals surface area contributed by atoms with Crippen molar-refractivity contribution >= 4 is 38.3 Å². The number of rotatable bonds is 4. The summed E-state index contributed by atoms with van der Waals surface area (Å²) in [6.45, 7) is 2.10. The van der Waals surface area contributed by atoms with Gasteiger partial charge >= 0.3 is 5.97 Å². The molecule has 1 aliphatic heterocycles. The molecule has 2 aromatic carbocycles. The van der Waals surface area contributed by atoms with Crippen LogP contribution in [0.2, 0.25) is 0 Å². The van der Waals surface area contributed by atoms with Crippen LogP contribution in [0.1, 0.15) is 17.3 Å². The first kappa shape index (κ1) is 17.4. The van der Waals surface area contributed by atoms with E-state index >= 15 is 0 Å². The number of carbonyl (C=O) groups excluding carboxylic acids is 2. The van der Waals surface area contributed by atoms with Gasteiger partial charge in [0.05, 0.1) is 6.61 Å². The Kier molecular flexibility index (Phi) is 4.68. The number of carbonyl (C=O) groups is 2. The van der Waals surface area contributed by atoms with Crippen LogP contribution in [0.3, 0.4) is 0 Å². The Hall–Kier alpha value is -3.06. The van der Waals surface area contributed by atoms with Crippen LogP contribution in [-0.2, 0) is 9.53 Å². The summed E-state index contributed by atoms with van der Waals surface area (Å²) in [7, 11) is 0. The number of nitrogens with one attached hydrogen (secondary N) is 1. The van der Waals surface area contributed by atoms with Crippen LogP contribution in [0.25, 0.3) is 10.1 Å². The van der Waals surface area contributed by atoms with Crippen LogP contribution in [0.15, 0.2) is 48.5 Å². The average molecular weight is 383 g/mol. The van der Waals surface area contributed by atoms with E-state index in [4.69, 9.17) is 14.2 Å². The molecule has 1 unspecified atom stereocenters. The fraction of sp³-hybridized carbons (Fsp3) is 0.200. The molecule has 0 aliphatic carbocycles. The van der Waals surface area contributed by atoms with Gasteiger partial charge in [0.15, 0.2) is 11.5 Å². The zero-order chi connectivity index (χ0) is 18.8. The molecule has 1 amide bonds. The lowest BCUT2D eigenvalue weighted by Crippen LogP contribution is -2.40. The topological polar surface area (TPSA) is 73.9 Å². The zero-order valence-electron chi connectivity index (χ0n) is 14.6. The first-order valence-electron chi connectivity index (χ1n) is 8.55. The summed E-state index contributed by atoms with van der Waals surface area (Å²) in [4.78, 5) is 25.2. The second kappa shape index (κ2) is 7.28. The summed E-state index contributed by atoms with van der Waals surface area (Å²) in [5, 5.41) is 4.01. The second-order valence-electron chi connectivity index (χ2n) is 5.88. The van der Waals surface area contributed by atoms with E-state index in [2.05, 4.69) is 5.32 Å². The third-order valence-electron chi connectivity index (χ3n) is 4.11. The molecule has 1 atom stereocenters. The average Bonchev–Trinajstić information content (AvgIpc) is 3.05. The molecule has 0 bridgehead atoms. The third-order valence-corrected chi connectivity index (χ3v) is 5.20. The number of benzene rings is 2. The minimum absolute atomic E-state index is 0.0997. The van der Waals surface area contributed by atoms with Crippen molar-refractivity contribution < 1.29 is 23.8 Å². The number of hydrogen-bond acceptors (Lipinski definition) is 6. The maximum atomic E-state index is 12.7. The van der Waals surface area contributed by atoms with Crippen molar-refractivity contribution in [3.05, 3.63) is 54.1 Å². The molecule has 1 N–H and O–H groups in total. The highest BCUT2D eigenvalue weighted by molar-refractivity contribution is 7.23. The second-order valence-corrected chi connectivity index (χ2v) is 6.93. The number of para-hydroxylation sites is 2. The molecule has 0 fully saturated rings. The highest BCUT2D eigenvalue weighted by Gasteiger charge is 2.29. The molecule has 0 saturated heterocycles. The largest absolute Gasteiger partial charge is 0.485 e. The summed E-state index contributed by atoms with van der Waals surface area (Å²) in [6, 6.07) is 14.6. The standard InChI is InChI=1S/C20H17NO5S/c1-2-24-20(23)17-12-7-3-6-10-16(12)27-19(17)21-18(22)15-11-25-13-8-4-5-9-14(13)26-15/h3-10,15H,2,11H2,1H3,(H,21,22). The van der Waals surface area contributed by atoms with Gasteiger partial charge in [0, 0.05) is 10.1 Å². The number of anilines is 1. The van der Waals surface area contributed by atoms with Gasteiger partial charge in [-0.1, -0.05) is 30.3 Å². The monoisotopic (exact) mass is 383 g/mol. The van der Waals surface area contributed by atoms with Gasteiger partial charge in [0.2, 0.25) is 6.10 Å². The van der Waals surface area contributed by atoms with Gasteiger partial charge in [-0.2, -0.15) is 0 Å². The fourth-order valence-corrected chi connectivity index (χ4v) is 3.97. The molecular formula is C20H17NO5S. The predicted octanol–water partition coefficient (Wildman–Crippen LogP) is 3.86. The van der Waals surface area contributed by atoms with Crippen LogP contribution in [0.4, 0.5) is 5.00 Å². The normalized spacial score (nSPS) is 15.4. The quantitative estimate of drug-likeness (QED) is 0.693. The van der Waals surface area contributed by atoms with Crippen molar-refractivity contribution in [2.75, 3.05) is 18.5 Å². The number of ether oxygens (including phenoxy) is 3. The Labute approximate surface area is 159 Å². The molecule has 7 heteroatoms. The summed E-state index contributed by atoms with van der Waals surface area (Å²) in [6.07, 6.45) is -0.805. The lowest BCUT2D eigenvalue weighted by Gasteiger charge is -2.25. The van der Waals surface area contributed by atoms with Crippen molar-refractivity contribution in [1.29, 1.82) is 0 Å². The minimum Gasteiger partial charge on any atom is -0.485 e. The lowest BCUT2D eigenvalue weighted by molar-refractivity contribution is -0.125. The maximum Gasteiger partial charge on any atom is 0.341 e. The van der Waals surface area contributed by atoms with Crippen molar-refractivity contribution in [3.8, 4) is 11.5 Å². The van der Waals surface area contributed by atoms with Gasteiger partial charge in [0.25, 0.3) is 5.91 Å². The lowest BCUT2D eigenvalue weighted by atomic mass is 10.1. The van der Waals surface area contributed by atoms with Crippen molar-refractivity contribution in [3.63, 3.8) is 0 Å². The number of amides is 1. The summed E-state index contributed by atoms with van der Waals surface area (Å²) >= 11 is 1.33. The summed E-state index contributed by atoms with van der Waals surface area (Å²) < 4.78 is 17.4. The number of hydrogen-bond donors (Lipinski definition) is 1. The SMILES string of the molecule is CCOC(=O)c1c(NC(=O)C2COc3ccccc3O2)sc2ccccc12. The Morgan fingerprint density at radius 1 is 1.15 bits per heavy atom. The van der Waals surface area contributed by atoms with E-state index in [1.165, 1.54) is 11.3 Å². The third kappa shape index (κ3) is 3.33. The number of thiophene rings is 1.